The fourth-order valence-electron chi connectivity index (χ4n) is 1.96. The number of ether oxygens (including phenoxy) is 1. The third-order valence-electron chi connectivity index (χ3n) is 2.99. The molecule has 0 fully saturated rings. The van der Waals surface area contributed by atoms with Crippen molar-refractivity contribution in [3.63, 3.8) is 0 Å². The van der Waals surface area contributed by atoms with Gasteiger partial charge in [-0.2, -0.15) is 0 Å². The van der Waals surface area contributed by atoms with Crippen LogP contribution in [0.15, 0.2) is 54.7 Å². The number of alkyl halides is 1. The average molecular weight is 285 g/mol. The summed E-state index contributed by atoms with van der Waals surface area (Å²) in [5, 5.41) is 17.9. The molecule has 1 heterocycles. The van der Waals surface area contributed by atoms with Crippen LogP contribution in [0, 0.1) is 0 Å². The normalized spacial score (nSPS) is 10.5. The molecule has 21 heavy (non-hydrogen) atoms. The maximum atomic E-state index is 12.1. The molecule has 0 spiro atoms. The van der Waals surface area contributed by atoms with Crippen LogP contribution in [-0.2, 0) is 0 Å². The van der Waals surface area contributed by atoms with E-state index in [1.807, 2.05) is 0 Å². The lowest BCUT2D eigenvalue weighted by molar-refractivity contribution is 0.192. The van der Waals surface area contributed by atoms with Crippen molar-refractivity contribution in [1.29, 1.82) is 0 Å². The number of aromatic hydroxyl groups is 1. The molecule has 0 aliphatic heterocycles. The fourth-order valence-corrected chi connectivity index (χ4v) is 1.96. The molecule has 0 aliphatic rings. The first-order valence-corrected chi connectivity index (χ1v) is 6.28. The first kappa shape index (κ1) is 13.1. The predicted octanol–water partition coefficient (Wildman–Crippen LogP) is 2.95. The minimum absolute atomic E-state index is 0.126. The highest BCUT2D eigenvalue weighted by Crippen LogP contribution is 2.24. The van der Waals surface area contributed by atoms with E-state index >= 15 is 0 Å². The van der Waals surface area contributed by atoms with Crippen LogP contribution in [0.5, 0.6) is 11.5 Å². The molecule has 3 aromatic rings. The highest BCUT2D eigenvalue weighted by atomic mass is 19.1. The number of hydrogen-bond acceptors (Lipinski definition) is 4. The van der Waals surface area contributed by atoms with E-state index in [1.165, 1.54) is 4.68 Å². The van der Waals surface area contributed by atoms with Crippen LogP contribution >= 0.6 is 0 Å². The van der Waals surface area contributed by atoms with Gasteiger partial charge in [-0.1, -0.05) is 17.3 Å². The zero-order valence-electron chi connectivity index (χ0n) is 11.0. The first-order valence-electron chi connectivity index (χ1n) is 6.28. The molecule has 0 saturated heterocycles. The van der Waals surface area contributed by atoms with Crippen LogP contribution in [0.4, 0.5) is 4.39 Å². The number of phenolic OH excluding ortho intramolecular Hbond substituents is 1. The van der Waals surface area contributed by atoms with E-state index in [9.17, 15) is 9.50 Å². The monoisotopic (exact) mass is 285 g/mol. The topological polar surface area (TPSA) is 60.2 Å². The van der Waals surface area contributed by atoms with Gasteiger partial charge in [0.2, 0.25) is 6.86 Å². The van der Waals surface area contributed by atoms with Crippen molar-refractivity contribution in [2.75, 3.05) is 6.86 Å². The summed E-state index contributed by atoms with van der Waals surface area (Å²) in [7, 11) is 0. The molecular formula is C15H12FN3O2. The van der Waals surface area contributed by atoms with Crippen molar-refractivity contribution in [2.45, 2.75) is 0 Å². The average Bonchev–Trinajstić information content (AvgIpc) is 2.98. The summed E-state index contributed by atoms with van der Waals surface area (Å²) in [5.74, 6) is 0.579. The Bertz CT molecular complexity index is 741. The van der Waals surface area contributed by atoms with Gasteiger partial charge in [-0.25, -0.2) is 9.07 Å². The van der Waals surface area contributed by atoms with Gasteiger partial charge in [-0.3, -0.25) is 0 Å². The molecule has 0 amide bonds. The summed E-state index contributed by atoms with van der Waals surface area (Å²) in [4.78, 5) is 0. The number of rotatable bonds is 4. The second-order valence-electron chi connectivity index (χ2n) is 4.31. The standard InChI is InChI=1S/C15H12FN3O2/c16-10-21-12-7-5-11(6-8-12)13-9-19(18-17-13)14-3-1-2-4-15(14)20/h1-9,20H,10H2. The lowest BCUT2D eigenvalue weighted by Gasteiger charge is -2.02. The SMILES string of the molecule is Oc1ccccc1-n1cc(-c2ccc(OCF)cc2)nn1. The summed E-state index contributed by atoms with van der Waals surface area (Å²) >= 11 is 0. The molecule has 106 valence electrons. The maximum absolute atomic E-state index is 12.1. The highest BCUT2D eigenvalue weighted by Gasteiger charge is 2.08. The van der Waals surface area contributed by atoms with Gasteiger partial charge < -0.3 is 9.84 Å². The largest absolute Gasteiger partial charge is 0.506 e. The third kappa shape index (κ3) is 2.69. The van der Waals surface area contributed by atoms with Crippen molar-refractivity contribution in [2.24, 2.45) is 0 Å². The van der Waals surface area contributed by atoms with Crippen LogP contribution in [0.3, 0.4) is 0 Å². The van der Waals surface area contributed by atoms with Crippen molar-refractivity contribution in [3.8, 4) is 28.4 Å². The molecule has 0 aliphatic carbocycles. The molecule has 2 aromatic carbocycles. The summed E-state index contributed by atoms with van der Waals surface area (Å²) in [5.41, 5.74) is 2.02. The second-order valence-corrected chi connectivity index (χ2v) is 4.31. The Morgan fingerprint density at radius 2 is 1.86 bits per heavy atom. The molecule has 0 atom stereocenters. The molecular weight excluding hydrogens is 273 g/mol. The zero-order valence-corrected chi connectivity index (χ0v) is 11.0. The van der Waals surface area contributed by atoms with Gasteiger partial charge in [0.15, 0.2) is 0 Å². The molecule has 0 bridgehead atoms. The van der Waals surface area contributed by atoms with E-state index in [1.54, 1.807) is 54.7 Å². The number of nitrogens with zero attached hydrogens (tertiary/aromatic N) is 3. The molecule has 6 heteroatoms. The molecule has 3 rings (SSSR count). The maximum Gasteiger partial charge on any atom is 0.228 e. The summed E-state index contributed by atoms with van der Waals surface area (Å²) in [6.45, 7) is -0.858. The summed E-state index contributed by atoms with van der Waals surface area (Å²) < 4.78 is 18.3. The van der Waals surface area contributed by atoms with Gasteiger partial charge in [0.1, 0.15) is 22.9 Å². The first-order chi connectivity index (χ1) is 10.3. The fraction of sp³-hybridized carbons (Fsp3) is 0.0667. The van der Waals surface area contributed by atoms with E-state index in [-0.39, 0.29) is 5.75 Å². The van der Waals surface area contributed by atoms with Gasteiger partial charge in [-0.05, 0) is 36.4 Å². The van der Waals surface area contributed by atoms with Crippen LogP contribution in [0.2, 0.25) is 0 Å². The Balaban J connectivity index is 1.89. The van der Waals surface area contributed by atoms with E-state index in [2.05, 4.69) is 10.3 Å². The smallest absolute Gasteiger partial charge is 0.228 e. The van der Waals surface area contributed by atoms with Crippen molar-refractivity contribution >= 4 is 0 Å². The lowest BCUT2D eigenvalue weighted by Crippen LogP contribution is -1.94. The Labute approximate surface area is 120 Å². The number of aromatic nitrogens is 3. The van der Waals surface area contributed by atoms with Crippen LogP contribution in [0.1, 0.15) is 0 Å². The van der Waals surface area contributed by atoms with Gasteiger partial charge in [0.25, 0.3) is 0 Å². The van der Waals surface area contributed by atoms with Crippen molar-refractivity contribution < 1.29 is 14.2 Å². The Hall–Kier alpha value is -2.89. The quantitative estimate of drug-likeness (QED) is 0.800. The molecule has 0 radical (unpaired) electrons. The van der Waals surface area contributed by atoms with Crippen molar-refractivity contribution in [1.82, 2.24) is 15.0 Å². The highest BCUT2D eigenvalue weighted by molar-refractivity contribution is 5.59. The van der Waals surface area contributed by atoms with Crippen LogP contribution in [0.25, 0.3) is 16.9 Å². The van der Waals surface area contributed by atoms with Crippen molar-refractivity contribution in [3.05, 3.63) is 54.7 Å². The minimum atomic E-state index is -0.858. The predicted molar refractivity (Wildman–Crippen MR) is 75.1 cm³/mol. The van der Waals surface area contributed by atoms with Gasteiger partial charge in [0, 0.05) is 5.56 Å². The lowest BCUT2D eigenvalue weighted by atomic mass is 10.1. The molecule has 0 saturated carbocycles. The number of para-hydroxylation sites is 2. The van der Waals surface area contributed by atoms with Gasteiger partial charge in [-0.15, -0.1) is 5.10 Å². The zero-order chi connectivity index (χ0) is 14.7. The van der Waals surface area contributed by atoms with Crippen LogP contribution in [-0.4, -0.2) is 27.0 Å². The molecule has 0 unspecified atom stereocenters. The van der Waals surface area contributed by atoms with E-state index < -0.39 is 6.86 Å². The number of halogens is 1. The van der Waals surface area contributed by atoms with Gasteiger partial charge >= 0.3 is 0 Å². The number of phenols is 1. The van der Waals surface area contributed by atoms with E-state index in [4.69, 9.17) is 4.74 Å². The molecule has 5 nitrogen and oxygen atoms in total. The number of benzene rings is 2. The molecule has 1 N–H and O–H groups in total. The summed E-state index contributed by atoms with van der Waals surface area (Å²) in [6, 6.07) is 13.7. The third-order valence-corrected chi connectivity index (χ3v) is 2.99. The Kier molecular flexibility index (Phi) is 3.51. The Morgan fingerprint density at radius 1 is 1.10 bits per heavy atom. The summed E-state index contributed by atoms with van der Waals surface area (Å²) in [6.07, 6.45) is 1.71. The van der Waals surface area contributed by atoms with E-state index in [0.29, 0.717) is 17.1 Å². The minimum Gasteiger partial charge on any atom is -0.506 e. The Morgan fingerprint density at radius 3 is 2.57 bits per heavy atom. The molecule has 1 aromatic heterocycles. The number of hydrogen-bond donors (Lipinski definition) is 1. The van der Waals surface area contributed by atoms with Gasteiger partial charge in [0.05, 0.1) is 6.20 Å². The second kappa shape index (κ2) is 5.62. The van der Waals surface area contributed by atoms with E-state index in [0.717, 1.165) is 5.56 Å². The van der Waals surface area contributed by atoms with Crippen LogP contribution < -0.4 is 4.74 Å².